The molecule has 3 heterocycles. The lowest BCUT2D eigenvalue weighted by molar-refractivity contribution is -0.0217. The minimum absolute atomic E-state index is 0.174. The summed E-state index contributed by atoms with van der Waals surface area (Å²) in [6.07, 6.45) is 3.35. The summed E-state index contributed by atoms with van der Waals surface area (Å²) >= 11 is 0. The van der Waals surface area contributed by atoms with Crippen LogP contribution in [0.3, 0.4) is 0 Å². The number of amides is 2. The zero-order valence-electron chi connectivity index (χ0n) is 15.4. The molecule has 2 N–H and O–H groups in total. The molecule has 1 aromatic rings. The predicted octanol–water partition coefficient (Wildman–Crippen LogP) is 1.83. The quantitative estimate of drug-likeness (QED) is 0.850. The van der Waals surface area contributed by atoms with Crippen LogP contribution in [0.2, 0.25) is 0 Å². The van der Waals surface area contributed by atoms with Gasteiger partial charge in [0.1, 0.15) is 0 Å². The van der Waals surface area contributed by atoms with E-state index in [-0.39, 0.29) is 6.03 Å². The van der Waals surface area contributed by atoms with Gasteiger partial charge in [-0.15, -0.1) is 0 Å². The number of nitrogens with zero attached hydrogens (tertiary/aromatic N) is 3. The highest BCUT2D eigenvalue weighted by atomic mass is 16.5. The summed E-state index contributed by atoms with van der Waals surface area (Å²) in [4.78, 5) is 21.2. The maximum absolute atomic E-state index is 12.3. The number of pyridine rings is 1. The molecule has 0 bridgehead atoms. The Hall–Kier alpha value is -1.86. The van der Waals surface area contributed by atoms with Gasteiger partial charge in [0.2, 0.25) is 0 Å². The predicted molar refractivity (Wildman–Crippen MR) is 99.3 cm³/mol. The molecular weight excluding hydrogens is 318 g/mol. The van der Waals surface area contributed by atoms with E-state index in [0.29, 0.717) is 18.6 Å². The first-order valence-electron chi connectivity index (χ1n) is 9.08. The monoisotopic (exact) mass is 347 g/mol. The van der Waals surface area contributed by atoms with Crippen molar-refractivity contribution in [2.24, 2.45) is 0 Å². The van der Waals surface area contributed by atoms with Crippen molar-refractivity contribution in [1.82, 2.24) is 15.2 Å². The summed E-state index contributed by atoms with van der Waals surface area (Å²) in [6.45, 7) is 5.47. The Kier molecular flexibility index (Phi) is 5.75. The number of ether oxygens (including phenoxy) is 1. The van der Waals surface area contributed by atoms with Crippen molar-refractivity contribution in [3.8, 4) is 0 Å². The second-order valence-electron chi connectivity index (χ2n) is 7.08. The normalized spacial score (nSPS) is 21.5. The summed E-state index contributed by atoms with van der Waals surface area (Å²) in [5, 5.41) is 5.94. The topological polar surface area (TPSA) is 69.7 Å². The fourth-order valence-electron chi connectivity index (χ4n) is 3.54. The van der Waals surface area contributed by atoms with E-state index >= 15 is 0 Å². The third-order valence-corrected chi connectivity index (χ3v) is 5.03. The Labute approximate surface area is 149 Å². The van der Waals surface area contributed by atoms with Gasteiger partial charge in [0.25, 0.3) is 0 Å². The fourth-order valence-corrected chi connectivity index (χ4v) is 3.54. The number of carbonyl (C=O) groups excluding carboxylic acids is 1. The first-order chi connectivity index (χ1) is 12.0. The number of rotatable bonds is 5. The highest BCUT2D eigenvalue weighted by Crippen LogP contribution is 2.26. The van der Waals surface area contributed by atoms with Crippen molar-refractivity contribution in [3.63, 3.8) is 0 Å². The lowest BCUT2D eigenvalue weighted by Gasteiger charge is -2.47. The van der Waals surface area contributed by atoms with Crippen molar-refractivity contribution in [2.45, 2.75) is 38.3 Å². The second-order valence-corrected chi connectivity index (χ2v) is 7.08. The van der Waals surface area contributed by atoms with Crippen LogP contribution in [-0.2, 0) is 4.74 Å². The molecule has 2 aliphatic rings. The van der Waals surface area contributed by atoms with Crippen LogP contribution in [0.5, 0.6) is 0 Å². The lowest BCUT2D eigenvalue weighted by Crippen LogP contribution is -2.58. The molecule has 0 aromatic carbocycles. The third kappa shape index (κ3) is 4.41. The van der Waals surface area contributed by atoms with Crippen LogP contribution in [0.25, 0.3) is 0 Å². The maximum Gasteiger partial charge on any atom is 0.319 e. The molecule has 25 heavy (non-hydrogen) atoms. The van der Waals surface area contributed by atoms with Crippen LogP contribution in [0.15, 0.2) is 12.1 Å². The Balaban J connectivity index is 1.50. The van der Waals surface area contributed by atoms with Gasteiger partial charge in [-0.25, -0.2) is 9.78 Å². The first kappa shape index (κ1) is 17.9. The van der Waals surface area contributed by atoms with Gasteiger partial charge in [-0.05, 0) is 38.3 Å². The van der Waals surface area contributed by atoms with E-state index in [4.69, 9.17) is 4.74 Å². The molecule has 2 amide bonds. The molecule has 1 atom stereocenters. The molecule has 7 heteroatoms. The average Bonchev–Trinajstić information content (AvgIpc) is 2.56. The van der Waals surface area contributed by atoms with Crippen LogP contribution in [0, 0.1) is 6.92 Å². The van der Waals surface area contributed by atoms with E-state index in [1.165, 1.54) is 0 Å². The van der Waals surface area contributed by atoms with Gasteiger partial charge in [-0.1, -0.05) is 0 Å². The number of anilines is 2. The number of hydrogen-bond donors (Lipinski definition) is 2. The Bertz CT molecular complexity index is 601. The summed E-state index contributed by atoms with van der Waals surface area (Å²) < 4.78 is 5.44. The lowest BCUT2D eigenvalue weighted by atomic mass is 9.95. The van der Waals surface area contributed by atoms with Crippen molar-refractivity contribution < 1.29 is 9.53 Å². The first-order valence-corrected chi connectivity index (χ1v) is 9.08. The number of aromatic nitrogens is 1. The van der Waals surface area contributed by atoms with Gasteiger partial charge in [0.05, 0.1) is 5.69 Å². The highest BCUT2D eigenvalue weighted by Gasteiger charge is 2.34. The Morgan fingerprint density at radius 2 is 2.08 bits per heavy atom. The van der Waals surface area contributed by atoms with Gasteiger partial charge < -0.3 is 20.3 Å². The smallest absolute Gasteiger partial charge is 0.319 e. The van der Waals surface area contributed by atoms with Gasteiger partial charge in [0.15, 0.2) is 5.82 Å². The molecule has 0 saturated carbocycles. The van der Waals surface area contributed by atoms with Crippen LogP contribution in [-0.4, -0.2) is 68.4 Å². The van der Waals surface area contributed by atoms with Gasteiger partial charge >= 0.3 is 6.03 Å². The zero-order valence-corrected chi connectivity index (χ0v) is 15.4. The molecule has 1 unspecified atom stereocenters. The summed E-state index contributed by atoms with van der Waals surface area (Å²) in [6, 6.07) is 4.68. The maximum atomic E-state index is 12.3. The molecule has 1 aromatic heterocycles. The van der Waals surface area contributed by atoms with Crippen molar-refractivity contribution in [2.75, 3.05) is 50.6 Å². The van der Waals surface area contributed by atoms with Crippen molar-refractivity contribution in [3.05, 3.63) is 17.8 Å². The SMILES string of the molecule is Cc1ccc(NC(=O)NCC2CCN2C2CCOCC2)c(N(C)C)n1. The zero-order chi connectivity index (χ0) is 17.8. The molecule has 7 nitrogen and oxygen atoms in total. The van der Waals surface area contributed by atoms with Crippen LogP contribution < -0.4 is 15.5 Å². The highest BCUT2D eigenvalue weighted by molar-refractivity contribution is 5.92. The fraction of sp³-hybridized carbons (Fsp3) is 0.667. The summed E-state index contributed by atoms with van der Waals surface area (Å²) in [5.74, 6) is 0.766. The van der Waals surface area contributed by atoms with E-state index in [0.717, 1.165) is 56.2 Å². The van der Waals surface area contributed by atoms with Crippen LogP contribution in [0.1, 0.15) is 25.0 Å². The van der Waals surface area contributed by atoms with E-state index in [1.54, 1.807) is 0 Å². The molecule has 2 fully saturated rings. The third-order valence-electron chi connectivity index (χ3n) is 5.03. The van der Waals surface area contributed by atoms with Gasteiger partial charge in [0, 0.05) is 58.2 Å². The number of aryl methyl sites for hydroxylation is 1. The average molecular weight is 347 g/mol. The molecule has 2 saturated heterocycles. The number of nitrogens with one attached hydrogen (secondary N) is 2. The number of carbonyl (C=O) groups is 1. The second kappa shape index (κ2) is 8.01. The molecule has 0 radical (unpaired) electrons. The molecule has 0 aliphatic carbocycles. The minimum atomic E-state index is -0.174. The largest absolute Gasteiger partial charge is 0.381 e. The van der Waals surface area contributed by atoms with E-state index in [9.17, 15) is 4.79 Å². The van der Waals surface area contributed by atoms with Crippen molar-refractivity contribution in [1.29, 1.82) is 0 Å². The summed E-state index contributed by atoms with van der Waals surface area (Å²) in [5.41, 5.74) is 1.65. The molecule has 138 valence electrons. The Morgan fingerprint density at radius 3 is 2.72 bits per heavy atom. The molecule has 3 rings (SSSR count). The van der Waals surface area contributed by atoms with E-state index in [1.807, 2.05) is 38.1 Å². The molecule has 2 aliphatic heterocycles. The standard InChI is InChI=1S/C18H29N5O2/c1-13-4-5-16(17(20-13)22(2)3)21-18(24)19-12-15-6-9-23(15)14-7-10-25-11-8-14/h4-5,14-15H,6-12H2,1-3H3,(H2,19,21,24). The van der Waals surface area contributed by atoms with E-state index < -0.39 is 0 Å². The van der Waals surface area contributed by atoms with Gasteiger partial charge in [-0.3, -0.25) is 4.90 Å². The molecular formula is C18H29N5O2. The van der Waals surface area contributed by atoms with E-state index in [2.05, 4.69) is 20.5 Å². The number of urea groups is 1. The van der Waals surface area contributed by atoms with Crippen molar-refractivity contribution >= 4 is 17.5 Å². The minimum Gasteiger partial charge on any atom is -0.381 e. The van der Waals surface area contributed by atoms with Crippen LogP contribution >= 0.6 is 0 Å². The Morgan fingerprint density at radius 1 is 1.32 bits per heavy atom. The summed E-state index contributed by atoms with van der Waals surface area (Å²) in [7, 11) is 3.84. The van der Waals surface area contributed by atoms with Gasteiger partial charge in [-0.2, -0.15) is 0 Å². The van der Waals surface area contributed by atoms with Crippen LogP contribution in [0.4, 0.5) is 16.3 Å². The molecule has 0 spiro atoms. The number of hydrogen-bond acceptors (Lipinski definition) is 5. The number of likely N-dealkylation sites (tertiary alicyclic amines) is 1.